The van der Waals surface area contributed by atoms with Gasteiger partial charge < -0.3 is 14.7 Å². The molecule has 2 aromatic carbocycles. The number of fused-ring (bicyclic) bond motifs is 5. The van der Waals surface area contributed by atoms with E-state index in [1.807, 2.05) is 4.90 Å². The third kappa shape index (κ3) is 4.12. The molecule has 1 N–H and O–H groups in total. The number of phenols is 1. The number of aromatic hydroxyl groups is 1. The van der Waals surface area contributed by atoms with E-state index in [4.69, 9.17) is 16.1 Å². The van der Waals surface area contributed by atoms with Gasteiger partial charge in [0.2, 0.25) is 0 Å². The topological polar surface area (TPSA) is 74.6 Å². The minimum Gasteiger partial charge on any atom is -0.508 e. The van der Waals surface area contributed by atoms with Gasteiger partial charge >= 0.3 is 6.01 Å². The minimum atomic E-state index is -2.73. The van der Waals surface area contributed by atoms with Crippen molar-refractivity contribution in [1.82, 2.24) is 19.9 Å². The molecule has 4 aliphatic rings. The van der Waals surface area contributed by atoms with Crippen molar-refractivity contribution in [2.75, 3.05) is 37.7 Å². The molecule has 226 valence electrons. The highest BCUT2D eigenvalue weighted by molar-refractivity contribution is 6.02. The number of halogens is 3. The zero-order chi connectivity index (χ0) is 30.2. The molecule has 0 spiro atoms. The number of hydrogen-bond donors (Lipinski definition) is 1. The number of pyridine rings is 1. The fourth-order valence-corrected chi connectivity index (χ4v) is 8.22. The summed E-state index contributed by atoms with van der Waals surface area (Å²) in [5.41, 5.74) is 0.740. The fraction of sp³-hybridized carbons (Fsp3) is 0.441. The Hall–Kier alpha value is -4.10. The van der Waals surface area contributed by atoms with Crippen molar-refractivity contribution in [2.24, 2.45) is 11.8 Å². The lowest BCUT2D eigenvalue weighted by Crippen LogP contribution is -2.49. The lowest BCUT2D eigenvalue weighted by atomic mass is 9.93. The molecule has 2 atom stereocenters. The van der Waals surface area contributed by atoms with Gasteiger partial charge in [0.05, 0.1) is 10.9 Å². The molecule has 2 unspecified atom stereocenters. The Labute approximate surface area is 253 Å². The van der Waals surface area contributed by atoms with Crippen LogP contribution in [-0.4, -0.2) is 69.2 Å². The Morgan fingerprint density at radius 2 is 1.82 bits per heavy atom. The summed E-state index contributed by atoms with van der Waals surface area (Å²) in [6.45, 7) is 2.65. The maximum Gasteiger partial charge on any atom is 0.319 e. The van der Waals surface area contributed by atoms with Gasteiger partial charge in [-0.1, -0.05) is 18.1 Å². The van der Waals surface area contributed by atoms with Crippen LogP contribution in [0.3, 0.4) is 0 Å². The second kappa shape index (κ2) is 9.96. The van der Waals surface area contributed by atoms with Crippen molar-refractivity contribution >= 4 is 27.5 Å². The Morgan fingerprint density at radius 1 is 1.07 bits per heavy atom. The van der Waals surface area contributed by atoms with Crippen LogP contribution in [0.25, 0.3) is 32.9 Å². The molecule has 3 saturated heterocycles. The molecular weight excluding hydrogens is 567 g/mol. The highest BCUT2D eigenvalue weighted by Crippen LogP contribution is 2.50. The van der Waals surface area contributed by atoms with Crippen molar-refractivity contribution in [3.8, 4) is 35.4 Å². The Kier molecular flexibility index (Phi) is 6.21. The van der Waals surface area contributed by atoms with E-state index in [9.17, 15) is 13.9 Å². The van der Waals surface area contributed by atoms with Crippen molar-refractivity contribution in [3.05, 3.63) is 47.9 Å². The van der Waals surface area contributed by atoms with E-state index in [1.54, 1.807) is 24.3 Å². The molecule has 8 rings (SSSR count). The van der Waals surface area contributed by atoms with Crippen molar-refractivity contribution in [2.45, 2.75) is 50.0 Å². The quantitative estimate of drug-likeness (QED) is 0.276. The van der Waals surface area contributed by atoms with E-state index in [0.717, 1.165) is 38.8 Å². The van der Waals surface area contributed by atoms with E-state index in [-0.39, 0.29) is 41.6 Å². The number of terminal acetylenes is 1. The molecule has 2 bridgehead atoms. The van der Waals surface area contributed by atoms with Crippen LogP contribution in [0.2, 0.25) is 0 Å². The summed E-state index contributed by atoms with van der Waals surface area (Å²) in [5.74, 6) is -2.09. The van der Waals surface area contributed by atoms with E-state index in [2.05, 4.69) is 20.8 Å². The number of alkyl halides is 2. The summed E-state index contributed by atoms with van der Waals surface area (Å²) in [4.78, 5) is 18.1. The number of nitrogens with zero attached hydrogens (tertiary/aromatic N) is 5. The summed E-state index contributed by atoms with van der Waals surface area (Å²) in [7, 11) is 0. The van der Waals surface area contributed by atoms with Crippen LogP contribution in [-0.2, 0) is 0 Å². The van der Waals surface area contributed by atoms with Crippen LogP contribution in [0.1, 0.15) is 44.1 Å². The van der Waals surface area contributed by atoms with E-state index >= 15 is 4.39 Å². The van der Waals surface area contributed by atoms with Gasteiger partial charge in [0.15, 0.2) is 5.82 Å². The largest absolute Gasteiger partial charge is 0.508 e. The van der Waals surface area contributed by atoms with Gasteiger partial charge in [-0.05, 0) is 75.2 Å². The van der Waals surface area contributed by atoms with E-state index in [0.29, 0.717) is 52.6 Å². The zero-order valence-corrected chi connectivity index (χ0v) is 24.2. The van der Waals surface area contributed by atoms with Crippen molar-refractivity contribution in [1.29, 1.82) is 0 Å². The first-order valence-electron chi connectivity index (χ1n) is 15.4. The molecule has 1 saturated carbocycles. The first-order valence-corrected chi connectivity index (χ1v) is 15.4. The Morgan fingerprint density at radius 3 is 2.55 bits per heavy atom. The average molecular weight is 600 g/mol. The fourth-order valence-electron chi connectivity index (χ4n) is 8.22. The van der Waals surface area contributed by atoms with Gasteiger partial charge in [-0.15, -0.1) is 6.42 Å². The number of aromatic nitrogens is 3. The number of piperidine rings is 1. The molecule has 5 heterocycles. The second-order valence-corrected chi connectivity index (χ2v) is 12.8. The number of hydrogen-bond acceptors (Lipinski definition) is 7. The summed E-state index contributed by atoms with van der Waals surface area (Å²) in [5, 5.41) is 12.1. The number of phenolic OH excluding ortho intramolecular Hbond substituents is 1. The number of anilines is 1. The van der Waals surface area contributed by atoms with Crippen LogP contribution in [0.5, 0.6) is 11.8 Å². The molecule has 4 aromatic rings. The maximum atomic E-state index is 16.7. The molecule has 2 aromatic heterocycles. The lowest BCUT2D eigenvalue weighted by Gasteiger charge is -2.38. The summed E-state index contributed by atoms with van der Waals surface area (Å²) >= 11 is 0. The predicted molar refractivity (Wildman–Crippen MR) is 161 cm³/mol. The van der Waals surface area contributed by atoms with Gasteiger partial charge in [-0.25, -0.2) is 13.2 Å². The molecule has 1 aliphatic carbocycles. The minimum absolute atomic E-state index is 0.0124. The molecule has 7 nitrogen and oxygen atoms in total. The van der Waals surface area contributed by atoms with Crippen LogP contribution in [0.4, 0.5) is 19.0 Å². The summed E-state index contributed by atoms with van der Waals surface area (Å²) in [6.07, 6.45) is 12.4. The smallest absolute Gasteiger partial charge is 0.319 e. The first kappa shape index (κ1) is 27.4. The highest BCUT2D eigenvalue weighted by Gasteiger charge is 2.56. The molecule has 10 heteroatoms. The molecule has 4 fully saturated rings. The number of ether oxygens (including phenoxy) is 1. The second-order valence-electron chi connectivity index (χ2n) is 12.8. The van der Waals surface area contributed by atoms with Gasteiger partial charge in [-0.3, -0.25) is 9.88 Å². The van der Waals surface area contributed by atoms with E-state index in [1.165, 1.54) is 12.3 Å². The Balaban J connectivity index is 1.27. The van der Waals surface area contributed by atoms with Crippen molar-refractivity contribution < 1.29 is 23.0 Å². The van der Waals surface area contributed by atoms with Crippen LogP contribution in [0.15, 0.2) is 36.5 Å². The molecule has 0 amide bonds. The third-order valence-corrected chi connectivity index (χ3v) is 10.4. The van der Waals surface area contributed by atoms with Gasteiger partial charge in [-0.2, -0.15) is 9.97 Å². The average Bonchev–Trinajstić information content (AvgIpc) is 3.61. The monoisotopic (exact) mass is 599 g/mol. The van der Waals surface area contributed by atoms with Gasteiger partial charge in [0.1, 0.15) is 29.4 Å². The molecule has 0 radical (unpaired) electrons. The molecule has 44 heavy (non-hydrogen) atoms. The van der Waals surface area contributed by atoms with Crippen LogP contribution < -0.4 is 9.64 Å². The van der Waals surface area contributed by atoms with Gasteiger partial charge in [0, 0.05) is 47.6 Å². The maximum absolute atomic E-state index is 16.7. The summed E-state index contributed by atoms with van der Waals surface area (Å²) in [6, 6.07) is 8.35. The van der Waals surface area contributed by atoms with Gasteiger partial charge in [0.25, 0.3) is 5.92 Å². The number of rotatable bonds is 5. The molecular formula is C34H32F3N5O2. The number of benzene rings is 2. The Bertz CT molecular complexity index is 1830. The van der Waals surface area contributed by atoms with E-state index < -0.39 is 23.6 Å². The summed E-state index contributed by atoms with van der Waals surface area (Å²) < 4.78 is 52.8. The lowest BCUT2D eigenvalue weighted by molar-refractivity contribution is -0.0830. The zero-order valence-electron chi connectivity index (χ0n) is 24.2. The highest BCUT2D eigenvalue weighted by atomic mass is 19.3. The SMILES string of the molecule is C#Cc1cccc2cc(O)cc(-c3ncc4c(N5CC6CCC(C5)C6(F)F)nc(OCC56CCCN5CCC6)nc4c3F)c12. The standard InChI is InChI=1S/C34H32F3N5O2/c1-2-20-6-3-7-21-14-24(43)15-25(27(20)21)29-28(35)30-26(16-38-29)31(41-17-22-8-9-23(18-41)34(22,36)37)40-32(39-30)44-19-33-10-4-12-42(33)13-5-11-33/h1,3,6-7,14-16,22-23,43H,4-5,8-13,17-19H2. The third-order valence-electron chi connectivity index (χ3n) is 10.4. The normalized spacial score (nSPS) is 23.7. The molecule has 3 aliphatic heterocycles. The predicted octanol–water partition coefficient (Wildman–Crippen LogP) is 6.16. The van der Waals surface area contributed by atoms with Crippen LogP contribution >= 0.6 is 0 Å². The first-order chi connectivity index (χ1) is 21.3. The van der Waals surface area contributed by atoms with Crippen LogP contribution in [0, 0.1) is 30.0 Å². The van der Waals surface area contributed by atoms with Crippen molar-refractivity contribution in [3.63, 3.8) is 0 Å².